The van der Waals surface area contributed by atoms with Gasteiger partial charge in [0, 0.05) is 0 Å². The van der Waals surface area contributed by atoms with Crippen molar-refractivity contribution in [1.29, 1.82) is 0 Å². The third kappa shape index (κ3) is 1.78. The molecule has 0 saturated carbocycles. The average Bonchev–Trinajstić information content (AvgIpc) is 2.17. The summed E-state index contributed by atoms with van der Waals surface area (Å²) in [5.74, 6) is 1.10. The van der Waals surface area contributed by atoms with Crippen LogP contribution in [0.3, 0.4) is 0 Å². The molecule has 0 aliphatic carbocycles. The number of halogens is 1. The molecule has 0 fully saturated rings. The van der Waals surface area contributed by atoms with E-state index in [1.54, 1.807) is 19.2 Å². The zero-order valence-electron chi connectivity index (χ0n) is 7.50. The van der Waals surface area contributed by atoms with E-state index < -0.39 is 0 Å². The number of hydrogen-bond donors (Lipinski definition) is 0. The van der Waals surface area contributed by atoms with E-state index in [0.29, 0.717) is 16.5 Å². The molecule has 0 aliphatic heterocycles. The standard InChI is InChI=1S/C10H10ClO2/c1-4-7-5-6-8(12-2)10(13-3)9(7)11/h1,4-6H,2-3H3. The summed E-state index contributed by atoms with van der Waals surface area (Å²) >= 11 is 5.98. The summed E-state index contributed by atoms with van der Waals surface area (Å²) in [4.78, 5) is 0. The summed E-state index contributed by atoms with van der Waals surface area (Å²) in [6.07, 6.45) is 1.42. The molecule has 3 heteroatoms. The first kappa shape index (κ1) is 9.93. The number of hydrogen-bond acceptors (Lipinski definition) is 2. The second-order valence-corrected chi connectivity index (χ2v) is 2.75. The van der Waals surface area contributed by atoms with Crippen molar-refractivity contribution >= 4 is 17.7 Å². The summed E-state index contributed by atoms with van der Waals surface area (Å²) in [6, 6.07) is 3.52. The maximum absolute atomic E-state index is 5.98. The van der Waals surface area contributed by atoms with Crippen LogP contribution in [0.25, 0.3) is 6.08 Å². The van der Waals surface area contributed by atoms with Gasteiger partial charge in [-0.15, -0.1) is 0 Å². The average molecular weight is 198 g/mol. The Hall–Kier alpha value is -1.15. The highest BCUT2D eigenvalue weighted by atomic mass is 35.5. The van der Waals surface area contributed by atoms with Crippen LogP contribution < -0.4 is 9.47 Å². The molecule has 0 bridgehead atoms. The lowest BCUT2D eigenvalue weighted by Gasteiger charge is -2.10. The van der Waals surface area contributed by atoms with Gasteiger partial charge in [0.2, 0.25) is 0 Å². The van der Waals surface area contributed by atoms with E-state index in [9.17, 15) is 0 Å². The van der Waals surface area contributed by atoms with Gasteiger partial charge < -0.3 is 9.47 Å². The maximum Gasteiger partial charge on any atom is 0.179 e. The first-order valence-electron chi connectivity index (χ1n) is 3.70. The summed E-state index contributed by atoms with van der Waals surface area (Å²) in [5, 5.41) is 0.462. The van der Waals surface area contributed by atoms with E-state index in [1.165, 1.54) is 13.2 Å². The Labute approximate surface area is 82.7 Å². The fourth-order valence-electron chi connectivity index (χ4n) is 1.03. The van der Waals surface area contributed by atoms with Gasteiger partial charge in [-0.2, -0.15) is 0 Å². The summed E-state index contributed by atoms with van der Waals surface area (Å²) in [6.45, 7) is 5.36. The predicted octanol–water partition coefficient (Wildman–Crippen LogP) is 2.80. The molecule has 69 valence electrons. The SMILES string of the molecule is [CH]=Cc1ccc(OC)c(OC)c1Cl. The molecule has 0 atom stereocenters. The third-order valence-electron chi connectivity index (χ3n) is 1.69. The van der Waals surface area contributed by atoms with E-state index in [-0.39, 0.29) is 0 Å². The molecule has 0 aliphatic rings. The monoisotopic (exact) mass is 197 g/mol. The first-order chi connectivity index (χ1) is 6.24. The van der Waals surface area contributed by atoms with E-state index in [1.807, 2.05) is 0 Å². The summed E-state index contributed by atoms with van der Waals surface area (Å²) < 4.78 is 10.1. The Kier molecular flexibility index (Phi) is 3.20. The highest BCUT2D eigenvalue weighted by molar-refractivity contribution is 6.33. The van der Waals surface area contributed by atoms with Gasteiger partial charge in [0.1, 0.15) is 0 Å². The van der Waals surface area contributed by atoms with Gasteiger partial charge in [0.15, 0.2) is 11.5 Å². The van der Waals surface area contributed by atoms with Crippen molar-refractivity contribution in [2.75, 3.05) is 14.2 Å². The normalized spacial score (nSPS) is 9.46. The van der Waals surface area contributed by atoms with Crippen LogP contribution >= 0.6 is 11.6 Å². The minimum Gasteiger partial charge on any atom is -0.493 e. The van der Waals surface area contributed by atoms with Crippen molar-refractivity contribution in [3.8, 4) is 11.5 Å². The molecule has 13 heavy (non-hydrogen) atoms. The van der Waals surface area contributed by atoms with E-state index in [2.05, 4.69) is 0 Å². The quantitative estimate of drug-likeness (QED) is 0.742. The lowest BCUT2D eigenvalue weighted by atomic mass is 10.2. The highest BCUT2D eigenvalue weighted by Crippen LogP contribution is 2.37. The van der Waals surface area contributed by atoms with Crippen LogP contribution in [0.15, 0.2) is 12.1 Å². The Morgan fingerprint density at radius 1 is 1.31 bits per heavy atom. The Morgan fingerprint density at radius 2 is 2.00 bits per heavy atom. The van der Waals surface area contributed by atoms with Gasteiger partial charge in [-0.25, -0.2) is 0 Å². The molecule has 1 radical (unpaired) electrons. The largest absolute Gasteiger partial charge is 0.493 e. The molecule has 1 aromatic rings. The second kappa shape index (κ2) is 4.19. The summed E-state index contributed by atoms with van der Waals surface area (Å²) in [5.41, 5.74) is 0.722. The van der Waals surface area contributed by atoms with Gasteiger partial charge in [0.25, 0.3) is 0 Å². The molecule has 0 amide bonds. The van der Waals surface area contributed by atoms with Crippen LogP contribution in [-0.2, 0) is 0 Å². The van der Waals surface area contributed by atoms with Crippen LogP contribution in [0.5, 0.6) is 11.5 Å². The van der Waals surface area contributed by atoms with Gasteiger partial charge >= 0.3 is 0 Å². The molecule has 0 spiro atoms. The lowest BCUT2D eigenvalue weighted by molar-refractivity contribution is 0.355. The number of benzene rings is 1. The first-order valence-corrected chi connectivity index (χ1v) is 4.07. The van der Waals surface area contributed by atoms with Crippen molar-refractivity contribution in [3.05, 3.63) is 29.3 Å². The van der Waals surface area contributed by atoms with Crippen molar-refractivity contribution in [2.45, 2.75) is 0 Å². The highest BCUT2D eigenvalue weighted by Gasteiger charge is 2.10. The van der Waals surface area contributed by atoms with Gasteiger partial charge in [0.05, 0.1) is 19.2 Å². The Morgan fingerprint density at radius 3 is 2.46 bits per heavy atom. The molecule has 0 saturated heterocycles. The van der Waals surface area contributed by atoms with Gasteiger partial charge in [-0.3, -0.25) is 0 Å². The van der Waals surface area contributed by atoms with Crippen LogP contribution in [0.4, 0.5) is 0 Å². The van der Waals surface area contributed by atoms with Gasteiger partial charge in [-0.1, -0.05) is 24.3 Å². The number of ether oxygens (including phenoxy) is 2. The molecule has 0 aromatic heterocycles. The second-order valence-electron chi connectivity index (χ2n) is 2.37. The van der Waals surface area contributed by atoms with Crippen molar-refractivity contribution in [1.82, 2.24) is 0 Å². The Bertz CT molecular complexity index is 321. The molecular formula is C10H10ClO2. The third-order valence-corrected chi connectivity index (χ3v) is 2.08. The molecule has 0 N–H and O–H groups in total. The van der Waals surface area contributed by atoms with Crippen molar-refractivity contribution in [3.63, 3.8) is 0 Å². The van der Waals surface area contributed by atoms with Gasteiger partial charge in [-0.05, 0) is 17.7 Å². The van der Waals surface area contributed by atoms with Crippen LogP contribution in [-0.4, -0.2) is 14.2 Å². The van der Waals surface area contributed by atoms with E-state index in [0.717, 1.165) is 5.56 Å². The minimum absolute atomic E-state index is 0.462. The van der Waals surface area contributed by atoms with Crippen LogP contribution in [0, 0.1) is 6.58 Å². The zero-order chi connectivity index (χ0) is 9.84. The van der Waals surface area contributed by atoms with Crippen LogP contribution in [0.1, 0.15) is 5.56 Å². The van der Waals surface area contributed by atoms with E-state index in [4.69, 9.17) is 27.7 Å². The van der Waals surface area contributed by atoms with E-state index >= 15 is 0 Å². The number of methoxy groups -OCH3 is 2. The molecule has 0 heterocycles. The zero-order valence-corrected chi connectivity index (χ0v) is 8.26. The number of rotatable bonds is 3. The van der Waals surface area contributed by atoms with Crippen molar-refractivity contribution in [2.24, 2.45) is 0 Å². The Balaban J connectivity index is 3.31. The fraction of sp³-hybridized carbons (Fsp3) is 0.200. The molecule has 0 unspecified atom stereocenters. The molecule has 1 rings (SSSR count). The van der Waals surface area contributed by atoms with Crippen LogP contribution in [0.2, 0.25) is 5.02 Å². The summed E-state index contributed by atoms with van der Waals surface area (Å²) in [7, 11) is 3.09. The maximum atomic E-state index is 5.98. The minimum atomic E-state index is 0.462. The smallest absolute Gasteiger partial charge is 0.179 e. The molecule has 1 aromatic carbocycles. The predicted molar refractivity (Wildman–Crippen MR) is 53.3 cm³/mol. The molecular weight excluding hydrogens is 188 g/mol. The fourth-order valence-corrected chi connectivity index (χ4v) is 1.33. The molecule has 2 nitrogen and oxygen atoms in total. The van der Waals surface area contributed by atoms with Crippen molar-refractivity contribution < 1.29 is 9.47 Å². The lowest BCUT2D eigenvalue weighted by Crippen LogP contribution is -1.92. The topological polar surface area (TPSA) is 18.5 Å².